The van der Waals surface area contributed by atoms with Gasteiger partial charge < -0.3 is 19.3 Å². The lowest BCUT2D eigenvalue weighted by molar-refractivity contribution is -0.0955. The van der Waals surface area contributed by atoms with Gasteiger partial charge >= 0.3 is 0 Å². The van der Waals surface area contributed by atoms with Crippen LogP contribution in [0.2, 0.25) is 0 Å². The summed E-state index contributed by atoms with van der Waals surface area (Å²) in [5.74, 6) is 0. The number of hydrogen-bond donors (Lipinski definition) is 1. The predicted molar refractivity (Wildman–Crippen MR) is 98.8 cm³/mol. The zero-order valence-electron chi connectivity index (χ0n) is 16.0. The van der Waals surface area contributed by atoms with E-state index in [1.165, 1.54) is 44.9 Å². The van der Waals surface area contributed by atoms with Crippen molar-refractivity contribution in [2.75, 3.05) is 6.61 Å². The molecule has 0 bridgehead atoms. The van der Waals surface area contributed by atoms with Gasteiger partial charge in [0.2, 0.25) is 0 Å². The first-order valence-electron chi connectivity index (χ1n) is 10.9. The van der Waals surface area contributed by atoms with Gasteiger partial charge in [0, 0.05) is 0 Å². The molecule has 25 heavy (non-hydrogen) atoms. The minimum absolute atomic E-state index is 0.0226. The van der Waals surface area contributed by atoms with Crippen molar-refractivity contribution < 1.29 is 19.3 Å². The zero-order valence-corrected chi connectivity index (χ0v) is 16.0. The van der Waals surface area contributed by atoms with E-state index < -0.39 is 0 Å². The molecule has 0 saturated carbocycles. The highest BCUT2D eigenvalue weighted by Crippen LogP contribution is 2.36. The molecular weight excluding hydrogens is 316 g/mol. The Labute approximate surface area is 153 Å². The Hall–Kier alpha value is -0.160. The highest BCUT2D eigenvalue weighted by molar-refractivity contribution is 4.91. The molecule has 1 N–H and O–H groups in total. The SMILES string of the molecule is CCCCCCCCCC[C@@H](O)[C@H]1CC[C@H]([C@H]2CC[C@H]([C@@H]3CO3)O2)O1. The molecule has 3 rings (SSSR count). The normalized spacial score (nSPS) is 36.0. The monoisotopic (exact) mass is 354 g/mol. The lowest BCUT2D eigenvalue weighted by atomic mass is 10.0. The van der Waals surface area contributed by atoms with Crippen LogP contribution >= 0.6 is 0 Å². The van der Waals surface area contributed by atoms with E-state index >= 15 is 0 Å². The molecular formula is C21H38O4. The molecule has 0 radical (unpaired) electrons. The van der Waals surface area contributed by atoms with E-state index in [0.29, 0.717) is 6.10 Å². The number of rotatable bonds is 12. The van der Waals surface area contributed by atoms with Crippen LogP contribution in [-0.4, -0.2) is 48.3 Å². The molecule has 0 aromatic carbocycles. The summed E-state index contributed by atoms with van der Waals surface area (Å²) in [5.41, 5.74) is 0. The molecule has 3 fully saturated rings. The molecule has 6 atom stereocenters. The van der Waals surface area contributed by atoms with Crippen molar-refractivity contribution in [3.63, 3.8) is 0 Å². The fourth-order valence-corrected chi connectivity index (χ4v) is 4.43. The molecule has 0 aromatic heterocycles. The summed E-state index contributed by atoms with van der Waals surface area (Å²) in [6.07, 6.45) is 16.3. The van der Waals surface area contributed by atoms with Gasteiger partial charge in [0.25, 0.3) is 0 Å². The molecule has 3 heterocycles. The quantitative estimate of drug-likeness (QED) is 0.418. The molecule has 4 nitrogen and oxygen atoms in total. The molecule has 3 aliphatic rings. The number of epoxide rings is 1. The first kappa shape index (κ1) is 19.6. The lowest BCUT2D eigenvalue weighted by Gasteiger charge is -2.22. The van der Waals surface area contributed by atoms with E-state index in [-0.39, 0.29) is 30.5 Å². The van der Waals surface area contributed by atoms with Crippen LogP contribution in [0.5, 0.6) is 0 Å². The Bertz CT molecular complexity index is 371. The van der Waals surface area contributed by atoms with Gasteiger partial charge in [-0.25, -0.2) is 0 Å². The van der Waals surface area contributed by atoms with E-state index in [4.69, 9.17) is 14.2 Å². The first-order valence-corrected chi connectivity index (χ1v) is 10.9. The minimum Gasteiger partial charge on any atom is -0.390 e. The number of aliphatic hydroxyl groups is 1. The van der Waals surface area contributed by atoms with Gasteiger partial charge in [-0.1, -0.05) is 58.3 Å². The fraction of sp³-hybridized carbons (Fsp3) is 1.00. The van der Waals surface area contributed by atoms with E-state index in [2.05, 4.69) is 6.92 Å². The molecule has 4 heteroatoms. The van der Waals surface area contributed by atoms with Gasteiger partial charge in [-0.05, 0) is 32.1 Å². The van der Waals surface area contributed by atoms with Crippen molar-refractivity contribution in [2.24, 2.45) is 0 Å². The van der Waals surface area contributed by atoms with Crippen molar-refractivity contribution in [3.8, 4) is 0 Å². The second kappa shape index (κ2) is 10.2. The summed E-state index contributed by atoms with van der Waals surface area (Å²) in [7, 11) is 0. The average molecular weight is 355 g/mol. The second-order valence-corrected chi connectivity index (χ2v) is 8.28. The summed E-state index contributed by atoms with van der Waals surface area (Å²) in [5, 5.41) is 10.4. The molecule has 3 aliphatic heterocycles. The summed E-state index contributed by atoms with van der Waals surface area (Å²) in [4.78, 5) is 0. The van der Waals surface area contributed by atoms with Crippen LogP contribution in [-0.2, 0) is 14.2 Å². The molecule has 0 unspecified atom stereocenters. The van der Waals surface area contributed by atoms with Crippen LogP contribution in [0.1, 0.15) is 90.4 Å². The van der Waals surface area contributed by atoms with Crippen molar-refractivity contribution >= 4 is 0 Å². The second-order valence-electron chi connectivity index (χ2n) is 8.28. The summed E-state index contributed by atoms with van der Waals surface area (Å²) >= 11 is 0. The van der Waals surface area contributed by atoms with Gasteiger partial charge in [0.15, 0.2) is 0 Å². The van der Waals surface area contributed by atoms with Crippen LogP contribution in [0.25, 0.3) is 0 Å². The largest absolute Gasteiger partial charge is 0.390 e. The van der Waals surface area contributed by atoms with Crippen LogP contribution < -0.4 is 0 Å². The van der Waals surface area contributed by atoms with Crippen molar-refractivity contribution in [2.45, 2.75) is 127 Å². The molecule has 0 aromatic rings. The van der Waals surface area contributed by atoms with E-state index in [1.54, 1.807) is 0 Å². The highest BCUT2D eigenvalue weighted by atomic mass is 16.6. The van der Waals surface area contributed by atoms with Crippen LogP contribution in [0.15, 0.2) is 0 Å². The Morgan fingerprint density at radius 3 is 2.00 bits per heavy atom. The third-order valence-electron chi connectivity index (χ3n) is 6.14. The van der Waals surface area contributed by atoms with Crippen molar-refractivity contribution in [3.05, 3.63) is 0 Å². The lowest BCUT2D eigenvalue weighted by Crippen LogP contribution is -2.31. The maximum Gasteiger partial charge on any atom is 0.107 e. The highest BCUT2D eigenvalue weighted by Gasteiger charge is 2.44. The third kappa shape index (κ3) is 6.20. The smallest absolute Gasteiger partial charge is 0.107 e. The summed E-state index contributed by atoms with van der Waals surface area (Å²) in [6, 6.07) is 0. The van der Waals surface area contributed by atoms with Gasteiger partial charge in [0.05, 0.1) is 37.1 Å². The fourth-order valence-electron chi connectivity index (χ4n) is 4.43. The number of hydrogen-bond acceptors (Lipinski definition) is 4. The number of aliphatic hydroxyl groups excluding tert-OH is 1. The van der Waals surface area contributed by atoms with Gasteiger partial charge in [0.1, 0.15) is 6.10 Å². The Morgan fingerprint density at radius 1 is 0.760 bits per heavy atom. The van der Waals surface area contributed by atoms with Crippen LogP contribution in [0, 0.1) is 0 Å². The number of ether oxygens (including phenoxy) is 3. The predicted octanol–water partition coefficient (Wildman–Crippen LogP) is 4.37. The molecule has 146 valence electrons. The number of unbranched alkanes of at least 4 members (excludes halogenated alkanes) is 7. The Morgan fingerprint density at radius 2 is 1.32 bits per heavy atom. The van der Waals surface area contributed by atoms with Crippen LogP contribution in [0.4, 0.5) is 0 Å². The maximum atomic E-state index is 10.4. The van der Waals surface area contributed by atoms with E-state index in [0.717, 1.165) is 45.1 Å². The Balaban J connectivity index is 1.23. The Kier molecular flexibility index (Phi) is 8.03. The van der Waals surface area contributed by atoms with E-state index in [9.17, 15) is 5.11 Å². The minimum atomic E-state index is -0.297. The molecule has 0 amide bonds. The maximum absolute atomic E-state index is 10.4. The standard InChI is InChI=1S/C21H38O4/c1-2-3-4-5-6-7-8-9-10-16(22)17-11-12-18(24-17)19-13-14-20(25-19)21-15-23-21/h16-22H,2-15H2,1H3/t16-,17-,18-,19-,20-,21+/m1/s1. The first-order chi connectivity index (χ1) is 12.3. The van der Waals surface area contributed by atoms with Gasteiger partial charge in [-0.3, -0.25) is 0 Å². The third-order valence-corrected chi connectivity index (χ3v) is 6.14. The topological polar surface area (TPSA) is 51.2 Å². The zero-order chi connectivity index (χ0) is 17.5. The molecule has 0 aliphatic carbocycles. The van der Waals surface area contributed by atoms with Crippen molar-refractivity contribution in [1.82, 2.24) is 0 Å². The average Bonchev–Trinajstić information content (AvgIpc) is 3.15. The van der Waals surface area contributed by atoms with Gasteiger partial charge in [-0.2, -0.15) is 0 Å². The molecule has 3 saturated heterocycles. The molecule has 0 spiro atoms. The van der Waals surface area contributed by atoms with E-state index in [1.807, 2.05) is 0 Å². The summed E-state index contributed by atoms with van der Waals surface area (Å²) in [6.45, 7) is 3.12. The van der Waals surface area contributed by atoms with Gasteiger partial charge in [-0.15, -0.1) is 0 Å². The van der Waals surface area contributed by atoms with Crippen molar-refractivity contribution in [1.29, 1.82) is 0 Å². The summed E-state index contributed by atoms with van der Waals surface area (Å²) < 4.78 is 17.6. The van der Waals surface area contributed by atoms with Crippen LogP contribution in [0.3, 0.4) is 0 Å².